The van der Waals surface area contributed by atoms with E-state index in [1.54, 1.807) is 4.90 Å². The molecule has 1 aromatic carbocycles. The number of rotatable bonds is 1. The van der Waals surface area contributed by atoms with Gasteiger partial charge in [-0.2, -0.15) is 0 Å². The molecule has 2 aliphatic heterocycles. The molecule has 1 saturated carbocycles. The van der Waals surface area contributed by atoms with Crippen LogP contribution in [0.5, 0.6) is 0 Å². The first-order chi connectivity index (χ1) is 8.77. The second-order valence-electron chi connectivity index (χ2n) is 5.27. The number of carbonyl (C=O) groups is 2. The average Bonchev–Trinajstić information content (AvgIpc) is 3.18. The second-order valence-corrected chi connectivity index (χ2v) is 5.27. The molecule has 4 heteroatoms. The summed E-state index contributed by atoms with van der Waals surface area (Å²) in [4.78, 5) is 28.0. The summed E-state index contributed by atoms with van der Waals surface area (Å²) in [5.41, 5.74) is 2.22. The van der Waals surface area contributed by atoms with Crippen LogP contribution in [-0.2, 0) is 11.2 Å². The van der Waals surface area contributed by atoms with Crippen molar-refractivity contribution in [1.82, 2.24) is 9.80 Å². The maximum Gasteiger partial charge on any atom is 0.327 e. The second kappa shape index (κ2) is 3.34. The lowest BCUT2D eigenvalue weighted by Crippen LogP contribution is -2.37. The molecular weight excluding hydrogens is 228 g/mol. The highest BCUT2D eigenvalue weighted by Gasteiger charge is 2.52. The SMILES string of the molecule is O=C1C2c3ccccc3CCN2C(=O)N1C1CC1. The zero-order valence-corrected chi connectivity index (χ0v) is 10.0. The predicted molar refractivity (Wildman–Crippen MR) is 64.9 cm³/mol. The first kappa shape index (κ1) is 10.1. The standard InChI is InChI=1S/C14H14N2O2/c17-13-12-11-4-2-1-3-9(11)7-8-15(12)14(18)16(13)10-5-6-10/h1-4,10,12H,5-8H2. The quantitative estimate of drug-likeness (QED) is 0.703. The molecule has 2 fully saturated rings. The summed E-state index contributed by atoms with van der Waals surface area (Å²) in [6, 6.07) is 7.71. The maximum atomic E-state index is 12.5. The molecule has 0 aromatic heterocycles. The first-order valence-electron chi connectivity index (χ1n) is 6.49. The fourth-order valence-electron chi connectivity index (χ4n) is 3.07. The Morgan fingerprint density at radius 3 is 2.67 bits per heavy atom. The molecule has 1 atom stereocenters. The molecule has 1 unspecified atom stereocenters. The van der Waals surface area contributed by atoms with Gasteiger partial charge in [-0.25, -0.2) is 4.79 Å². The van der Waals surface area contributed by atoms with Crippen LogP contribution in [0.1, 0.15) is 30.0 Å². The van der Waals surface area contributed by atoms with Crippen molar-refractivity contribution >= 4 is 11.9 Å². The fraction of sp³-hybridized carbons (Fsp3) is 0.429. The Balaban J connectivity index is 1.80. The molecule has 92 valence electrons. The third-order valence-corrected chi connectivity index (χ3v) is 4.12. The minimum Gasteiger partial charge on any atom is -0.308 e. The zero-order chi connectivity index (χ0) is 12.3. The van der Waals surface area contributed by atoms with Gasteiger partial charge in [0.25, 0.3) is 5.91 Å². The first-order valence-corrected chi connectivity index (χ1v) is 6.49. The summed E-state index contributed by atoms with van der Waals surface area (Å²) >= 11 is 0. The van der Waals surface area contributed by atoms with Gasteiger partial charge >= 0.3 is 6.03 Å². The molecule has 1 aliphatic carbocycles. The van der Waals surface area contributed by atoms with E-state index in [1.807, 2.05) is 18.2 Å². The van der Waals surface area contributed by atoms with Crippen molar-refractivity contribution in [2.75, 3.05) is 6.54 Å². The molecule has 3 amide bonds. The van der Waals surface area contributed by atoms with Gasteiger partial charge in [-0.05, 0) is 30.4 Å². The van der Waals surface area contributed by atoms with Crippen LogP contribution >= 0.6 is 0 Å². The number of benzene rings is 1. The Morgan fingerprint density at radius 2 is 1.89 bits per heavy atom. The number of nitrogens with zero attached hydrogens (tertiary/aromatic N) is 2. The van der Waals surface area contributed by atoms with Gasteiger partial charge in [-0.3, -0.25) is 9.69 Å². The van der Waals surface area contributed by atoms with Crippen molar-refractivity contribution in [2.24, 2.45) is 0 Å². The third kappa shape index (κ3) is 1.20. The van der Waals surface area contributed by atoms with Crippen molar-refractivity contribution in [2.45, 2.75) is 31.3 Å². The number of hydrogen-bond donors (Lipinski definition) is 0. The van der Waals surface area contributed by atoms with Gasteiger partial charge in [-0.15, -0.1) is 0 Å². The van der Waals surface area contributed by atoms with Crippen LogP contribution in [0.2, 0.25) is 0 Å². The lowest BCUT2D eigenvalue weighted by atomic mass is 9.93. The molecule has 1 aromatic rings. The van der Waals surface area contributed by atoms with Crippen molar-refractivity contribution in [1.29, 1.82) is 0 Å². The Labute approximate surface area is 105 Å². The molecule has 2 heterocycles. The van der Waals surface area contributed by atoms with Crippen molar-refractivity contribution in [3.63, 3.8) is 0 Å². The van der Waals surface area contributed by atoms with E-state index in [1.165, 1.54) is 10.5 Å². The van der Waals surface area contributed by atoms with Gasteiger partial charge in [0.15, 0.2) is 0 Å². The molecule has 0 N–H and O–H groups in total. The van der Waals surface area contributed by atoms with Crippen LogP contribution in [0.4, 0.5) is 4.79 Å². The van der Waals surface area contributed by atoms with Crippen molar-refractivity contribution < 1.29 is 9.59 Å². The maximum absolute atomic E-state index is 12.5. The molecule has 1 saturated heterocycles. The van der Waals surface area contributed by atoms with E-state index in [0.717, 1.165) is 24.8 Å². The summed E-state index contributed by atoms with van der Waals surface area (Å²) in [7, 11) is 0. The van der Waals surface area contributed by atoms with Crippen LogP contribution in [0.25, 0.3) is 0 Å². The molecule has 4 nitrogen and oxygen atoms in total. The minimum atomic E-state index is -0.358. The summed E-state index contributed by atoms with van der Waals surface area (Å²) < 4.78 is 0. The van der Waals surface area contributed by atoms with Crippen LogP contribution in [0.3, 0.4) is 0 Å². The summed E-state index contributed by atoms with van der Waals surface area (Å²) in [6.45, 7) is 0.662. The molecule has 0 spiro atoms. The summed E-state index contributed by atoms with van der Waals surface area (Å²) in [6.07, 6.45) is 2.80. The van der Waals surface area contributed by atoms with E-state index >= 15 is 0 Å². The highest BCUT2D eigenvalue weighted by molar-refractivity contribution is 6.05. The van der Waals surface area contributed by atoms with Crippen LogP contribution < -0.4 is 0 Å². The molecule has 0 radical (unpaired) electrons. The average molecular weight is 242 g/mol. The number of hydrogen-bond acceptors (Lipinski definition) is 2. The Hall–Kier alpha value is -1.84. The predicted octanol–water partition coefficient (Wildman–Crippen LogP) is 1.71. The summed E-state index contributed by atoms with van der Waals surface area (Å²) in [5.74, 6) is -0.0188. The number of carbonyl (C=O) groups excluding carboxylic acids is 2. The van der Waals surface area contributed by atoms with Crippen molar-refractivity contribution in [3.05, 3.63) is 35.4 Å². The van der Waals surface area contributed by atoms with E-state index in [4.69, 9.17) is 0 Å². The third-order valence-electron chi connectivity index (χ3n) is 4.12. The molecule has 18 heavy (non-hydrogen) atoms. The van der Waals surface area contributed by atoms with Crippen LogP contribution in [-0.4, -0.2) is 34.3 Å². The molecular formula is C14H14N2O2. The summed E-state index contributed by atoms with van der Waals surface area (Å²) in [5, 5.41) is 0. The zero-order valence-electron chi connectivity index (χ0n) is 10.0. The lowest BCUT2D eigenvalue weighted by Gasteiger charge is -2.28. The number of amides is 3. The van der Waals surface area contributed by atoms with Gasteiger partial charge in [0, 0.05) is 12.6 Å². The lowest BCUT2D eigenvalue weighted by molar-refractivity contribution is -0.129. The minimum absolute atomic E-state index is 0.0188. The Morgan fingerprint density at radius 1 is 1.11 bits per heavy atom. The number of fused-ring (bicyclic) bond motifs is 3. The normalized spacial score (nSPS) is 26.3. The van der Waals surface area contributed by atoms with E-state index in [2.05, 4.69) is 6.07 Å². The van der Waals surface area contributed by atoms with Crippen LogP contribution in [0, 0.1) is 0 Å². The number of imide groups is 1. The van der Waals surface area contributed by atoms with E-state index in [-0.39, 0.29) is 24.0 Å². The van der Waals surface area contributed by atoms with Gasteiger partial charge in [0.2, 0.25) is 0 Å². The van der Waals surface area contributed by atoms with Gasteiger partial charge in [-0.1, -0.05) is 24.3 Å². The molecule has 0 bridgehead atoms. The van der Waals surface area contributed by atoms with Gasteiger partial charge < -0.3 is 4.90 Å². The monoisotopic (exact) mass is 242 g/mol. The molecule has 4 rings (SSSR count). The Bertz CT molecular complexity index is 550. The van der Waals surface area contributed by atoms with Crippen molar-refractivity contribution in [3.8, 4) is 0 Å². The van der Waals surface area contributed by atoms with E-state index in [0.29, 0.717) is 6.54 Å². The molecule has 3 aliphatic rings. The topological polar surface area (TPSA) is 40.6 Å². The Kier molecular flexibility index (Phi) is 1.88. The van der Waals surface area contributed by atoms with E-state index < -0.39 is 0 Å². The largest absolute Gasteiger partial charge is 0.327 e. The van der Waals surface area contributed by atoms with Gasteiger partial charge in [0.05, 0.1) is 0 Å². The number of urea groups is 1. The highest BCUT2D eigenvalue weighted by atomic mass is 16.2. The smallest absolute Gasteiger partial charge is 0.308 e. The van der Waals surface area contributed by atoms with Crippen LogP contribution in [0.15, 0.2) is 24.3 Å². The van der Waals surface area contributed by atoms with Gasteiger partial charge in [0.1, 0.15) is 6.04 Å². The van der Waals surface area contributed by atoms with E-state index in [9.17, 15) is 9.59 Å². The fourth-order valence-corrected chi connectivity index (χ4v) is 3.07. The highest BCUT2D eigenvalue weighted by Crippen LogP contribution is 2.41.